The number of carbonyl (C=O) groups is 1. The summed E-state index contributed by atoms with van der Waals surface area (Å²) in [6, 6.07) is 20.5. The number of hydrogen-bond donors (Lipinski definition) is 2. The number of piperazine rings is 1. The molecule has 1 unspecified atom stereocenters. The van der Waals surface area contributed by atoms with Crippen molar-refractivity contribution in [1.82, 2.24) is 15.2 Å². The number of nitrogens with one attached hydrogen (secondary N) is 2. The molecule has 7 nitrogen and oxygen atoms in total. The van der Waals surface area contributed by atoms with Crippen molar-refractivity contribution in [2.75, 3.05) is 31.6 Å². The number of aryl methyl sites for hydroxylation is 1. The topological polar surface area (TPSA) is 75.7 Å². The van der Waals surface area contributed by atoms with Crippen molar-refractivity contribution in [3.05, 3.63) is 78.6 Å². The SMILES string of the molecule is Cc1ccc(OCC2CNCCN2C(=O)Nc2ccc(Oc3ccccc3)cc2)cn1.Cl.Cl. The summed E-state index contributed by atoms with van der Waals surface area (Å²) < 4.78 is 11.7. The number of nitrogens with zero attached hydrogens (tertiary/aromatic N) is 2. The van der Waals surface area contributed by atoms with E-state index in [0.717, 1.165) is 18.0 Å². The molecular formula is C24H28Cl2N4O3. The second-order valence-corrected chi connectivity index (χ2v) is 7.37. The Hall–Kier alpha value is -3.00. The fourth-order valence-corrected chi connectivity index (χ4v) is 3.34. The van der Waals surface area contributed by atoms with Crippen LogP contribution in [0.15, 0.2) is 72.9 Å². The van der Waals surface area contributed by atoms with Crippen LogP contribution in [-0.2, 0) is 0 Å². The van der Waals surface area contributed by atoms with Gasteiger partial charge in [0.1, 0.15) is 23.9 Å². The van der Waals surface area contributed by atoms with E-state index >= 15 is 0 Å². The highest BCUT2D eigenvalue weighted by Gasteiger charge is 2.27. The van der Waals surface area contributed by atoms with E-state index in [4.69, 9.17) is 9.47 Å². The number of amides is 2. The molecule has 1 aliphatic rings. The zero-order valence-electron chi connectivity index (χ0n) is 18.3. The van der Waals surface area contributed by atoms with Crippen molar-refractivity contribution in [2.45, 2.75) is 13.0 Å². The van der Waals surface area contributed by atoms with Crippen LogP contribution < -0.4 is 20.1 Å². The number of hydrogen-bond acceptors (Lipinski definition) is 5. The smallest absolute Gasteiger partial charge is 0.322 e. The third-order valence-corrected chi connectivity index (χ3v) is 5.02. The quantitative estimate of drug-likeness (QED) is 0.513. The lowest BCUT2D eigenvalue weighted by Crippen LogP contribution is -2.57. The van der Waals surface area contributed by atoms with E-state index in [2.05, 4.69) is 15.6 Å². The molecule has 9 heteroatoms. The summed E-state index contributed by atoms with van der Waals surface area (Å²) in [5.74, 6) is 2.18. The molecule has 0 aliphatic carbocycles. The van der Waals surface area contributed by atoms with Gasteiger partial charge in [-0.2, -0.15) is 0 Å². The van der Waals surface area contributed by atoms with Gasteiger partial charge in [-0.1, -0.05) is 18.2 Å². The van der Waals surface area contributed by atoms with E-state index in [-0.39, 0.29) is 36.9 Å². The number of halogens is 2. The number of anilines is 1. The van der Waals surface area contributed by atoms with E-state index in [1.165, 1.54) is 0 Å². The number of ether oxygens (including phenoxy) is 2. The van der Waals surface area contributed by atoms with Crippen molar-refractivity contribution in [1.29, 1.82) is 0 Å². The Bertz CT molecular complexity index is 989. The molecule has 2 N–H and O–H groups in total. The normalized spacial score (nSPS) is 14.9. The Morgan fingerprint density at radius 1 is 1.03 bits per heavy atom. The van der Waals surface area contributed by atoms with Crippen LogP contribution >= 0.6 is 24.8 Å². The van der Waals surface area contributed by atoms with E-state index in [0.29, 0.717) is 36.9 Å². The fraction of sp³-hybridized carbons (Fsp3) is 0.250. The molecule has 1 aromatic heterocycles. The number of carbonyl (C=O) groups excluding carboxylic acids is 1. The lowest BCUT2D eigenvalue weighted by Gasteiger charge is -2.35. The van der Waals surface area contributed by atoms with Crippen LogP contribution in [0.5, 0.6) is 17.2 Å². The number of para-hydroxylation sites is 1. The molecule has 0 radical (unpaired) electrons. The van der Waals surface area contributed by atoms with Crippen LogP contribution in [-0.4, -0.2) is 48.2 Å². The highest BCUT2D eigenvalue weighted by Crippen LogP contribution is 2.23. The molecule has 2 heterocycles. The molecule has 1 atom stereocenters. The maximum absolute atomic E-state index is 12.9. The van der Waals surface area contributed by atoms with Gasteiger partial charge in [-0.05, 0) is 55.5 Å². The van der Waals surface area contributed by atoms with Gasteiger partial charge >= 0.3 is 6.03 Å². The summed E-state index contributed by atoms with van der Waals surface area (Å²) in [6.07, 6.45) is 1.70. The maximum atomic E-state index is 12.9. The molecule has 2 aromatic carbocycles. The molecule has 0 saturated carbocycles. The van der Waals surface area contributed by atoms with Crippen molar-refractivity contribution in [3.8, 4) is 17.2 Å². The van der Waals surface area contributed by atoms with Crippen LogP contribution in [0.2, 0.25) is 0 Å². The van der Waals surface area contributed by atoms with Gasteiger partial charge in [0.05, 0.1) is 12.2 Å². The van der Waals surface area contributed by atoms with Crippen molar-refractivity contribution in [3.63, 3.8) is 0 Å². The predicted molar refractivity (Wildman–Crippen MR) is 134 cm³/mol. The van der Waals surface area contributed by atoms with E-state index in [9.17, 15) is 4.79 Å². The third kappa shape index (κ3) is 7.53. The second kappa shape index (κ2) is 12.9. The zero-order chi connectivity index (χ0) is 21.5. The van der Waals surface area contributed by atoms with E-state index in [1.807, 2.05) is 78.6 Å². The van der Waals surface area contributed by atoms with Gasteiger partial charge in [0.2, 0.25) is 0 Å². The van der Waals surface area contributed by atoms with Gasteiger partial charge in [0, 0.05) is 31.0 Å². The zero-order valence-corrected chi connectivity index (χ0v) is 19.9. The van der Waals surface area contributed by atoms with Crippen LogP contribution in [0.4, 0.5) is 10.5 Å². The molecule has 0 bridgehead atoms. The molecular weight excluding hydrogens is 463 g/mol. The first-order valence-electron chi connectivity index (χ1n) is 10.3. The molecule has 2 amide bonds. The van der Waals surface area contributed by atoms with Gasteiger partial charge in [0.15, 0.2) is 0 Å². The minimum atomic E-state index is -0.145. The van der Waals surface area contributed by atoms with E-state index in [1.54, 1.807) is 6.20 Å². The van der Waals surface area contributed by atoms with Gasteiger partial charge in [-0.3, -0.25) is 4.98 Å². The Morgan fingerprint density at radius 2 is 1.73 bits per heavy atom. The first-order chi connectivity index (χ1) is 15.2. The summed E-state index contributed by atoms with van der Waals surface area (Å²) >= 11 is 0. The van der Waals surface area contributed by atoms with Gasteiger partial charge in [0.25, 0.3) is 0 Å². The summed E-state index contributed by atoms with van der Waals surface area (Å²) in [4.78, 5) is 19.0. The molecule has 0 spiro atoms. The number of rotatable bonds is 6. The van der Waals surface area contributed by atoms with Crippen LogP contribution in [0.1, 0.15) is 5.69 Å². The number of urea groups is 1. The van der Waals surface area contributed by atoms with Crippen molar-refractivity contribution in [2.24, 2.45) is 0 Å². The fourth-order valence-electron chi connectivity index (χ4n) is 3.34. The van der Waals surface area contributed by atoms with Crippen LogP contribution in [0, 0.1) is 6.92 Å². The Labute approximate surface area is 206 Å². The molecule has 4 rings (SSSR count). The highest BCUT2D eigenvalue weighted by atomic mass is 35.5. The minimum absolute atomic E-state index is 0. The molecule has 176 valence electrons. The Morgan fingerprint density at radius 3 is 2.42 bits per heavy atom. The van der Waals surface area contributed by atoms with Gasteiger partial charge in [-0.15, -0.1) is 24.8 Å². The van der Waals surface area contributed by atoms with Crippen LogP contribution in [0.25, 0.3) is 0 Å². The van der Waals surface area contributed by atoms with Crippen molar-refractivity contribution >= 4 is 36.5 Å². The number of aromatic nitrogens is 1. The molecule has 1 saturated heterocycles. The van der Waals surface area contributed by atoms with E-state index < -0.39 is 0 Å². The maximum Gasteiger partial charge on any atom is 0.322 e. The first kappa shape index (κ1) is 26.3. The first-order valence-corrected chi connectivity index (χ1v) is 10.3. The highest BCUT2D eigenvalue weighted by molar-refractivity contribution is 5.89. The average molecular weight is 491 g/mol. The van der Waals surface area contributed by atoms with Crippen molar-refractivity contribution < 1.29 is 14.3 Å². The molecule has 33 heavy (non-hydrogen) atoms. The third-order valence-electron chi connectivity index (χ3n) is 5.02. The Kier molecular flexibility index (Phi) is 10.3. The lowest BCUT2D eigenvalue weighted by atomic mass is 10.2. The Balaban J connectivity index is 0.00000193. The average Bonchev–Trinajstić information content (AvgIpc) is 2.81. The monoisotopic (exact) mass is 490 g/mol. The summed E-state index contributed by atoms with van der Waals surface area (Å²) in [6.45, 7) is 4.37. The minimum Gasteiger partial charge on any atom is -0.490 e. The molecule has 1 fully saturated rings. The lowest BCUT2D eigenvalue weighted by molar-refractivity contribution is 0.133. The standard InChI is InChI=1S/C24H26N4O3.2ClH/c1-18-7-10-23(16-26-18)30-17-20-15-25-13-14-28(20)24(29)27-19-8-11-22(12-9-19)31-21-5-3-2-4-6-21;;/h2-12,16,20,25H,13-15,17H2,1H3,(H,27,29);2*1H. The number of benzene rings is 2. The van der Waals surface area contributed by atoms with Gasteiger partial charge < -0.3 is 25.0 Å². The second-order valence-electron chi connectivity index (χ2n) is 7.37. The summed E-state index contributed by atoms with van der Waals surface area (Å²) in [5, 5.41) is 6.30. The van der Waals surface area contributed by atoms with Gasteiger partial charge in [-0.25, -0.2) is 4.79 Å². The largest absolute Gasteiger partial charge is 0.490 e. The summed E-state index contributed by atoms with van der Waals surface area (Å²) in [7, 11) is 0. The number of pyridine rings is 1. The van der Waals surface area contributed by atoms with Crippen LogP contribution in [0.3, 0.4) is 0 Å². The molecule has 1 aliphatic heterocycles. The molecule has 3 aromatic rings. The summed E-state index contributed by atoms with van der Waals surface area (Å²) in [5.41, 5.74) is 1.65. The predicted octanol–water partition coefficient (Wildman–Crippen LogP) is 4.91.